The van der Waals surface area contributed by atoms with E-state index in [9.17, 15) is 4.79 Å². The van der Waals surface area contributed by atoms with Gasteiger partial charge >= 0.3 is 5.97 Å². The average molecular weight is 271 g/mol. The van der Waals surface area contributed by atoms with Gasteiger partial charge in [0.1, 0.15) is 5.52 Å². The first-order valence-electron chi connectivity index (χ1n) is 6.12. The van der Waals surface area contributed by atoms with E-state index in [1.807, 2.05) is 20.9 Å². The van der Waals surface area contributed by atoms with Crippen LogP contribution in [0.1, 0.15) is 21.7 Å². The van der Waals surface area contributed by atoms with Crippen LogP contribution in [0.25, 0.3) is 22.6 Å². The van der Waals surface area contributed by atoms with Crippen molar-refractivity contribution in [1.29, 1.82) is 0 Å². The highest BCUT2D eigenvalue weighted by molar-refractivity contribution is 5.92. The molecular formula is C14H13N3O3. The zero-order valence-electron chi connectivity index (χ0n) is 11.3. The molecule has 0 aliphatic carbocycles. The largest absolute Gasteiger partial charge is 0.478 e. The van der Waals surface area contributed by atoms with E-state index >= 15 is 0 Å². The van der Waals surface area contributed by atoms with Gasteiger partial charge in [0.2, 0.25) is 5.89 Å². The Morgan fingerprint density at radius 1 is 1.35 bits per heavy atom. The van der Waals surface area contributed by atoms with E-state index in [0.29, 0.717) is 17.0 Å². The molecule has 0 radical (unpaired) electrons. The fourth-order valence-electron chi connectivity index (χ4n) is 2.25. The predicted molar refractivity (Wildman–Crippen MR) is 72.6 cm³/mol. The second kappa shape index (κ2) is 4.19. The Kier molecular flexibility index (Phi) is 2.60. The van der Waals surface area contributed by atoms with Crippen LogP contribution in [0.3, 0.4) is 0 Å². The average Bonchev–Trinajstić information content (AvgIpc) is 2.90. The van der Waals surface area contributed by atoms with Crippen molar-refractivity contribution in [3.63, 3.8) is 0 Å². The summed E-state index contributed by atoms with van der Waals surface area (Å²) in [5, 5.41) is 13.3. The monoisotopic (exact) mass is 271 g/mol. The summed E-state index contributed by atoms with van der Waals surface area (Å²) in [6, 6.07) is 4.64. The quantitative estimate of drug-likeness (QED) is 0.774. The molecule has 0 saturated carbocycles. The van der Waals surface area contributed by atoms with E-state index in [4.69, 9.17) is 9.52 Å². The molecule has 2 heterocycles. The Bertz CT molecular complexity index is 830. The number of oxazole rings is 1. The number of nitrogens with zero attached hydrogens (tertiary/aromatic N) is 3. The Morgan fingerprint density at radius 2 is 2.10 bits per heavy atom. The number of carbonyl (C=O) groups is 1. The van der Waals surface area contributed by atoms with Gasteiger partial charge in [-0.1, -0.05) is 0 Å². The number of aromatic nitrogens is 3. The van der Waals surface area contributed by atoms with E-state index in [-0.39, 0.29) is 5.56 Å². The van der Waals surface area contributed by atoms with Crippen LogP contribution in [0.4, 0.5) is 0 Å². The van der Waals surface area contributed by atoms with Crippen molar-refractivity contribution in [2.24, 2.45) is 7.05 Å². The SMILES string of the molecule is Cc1nn(C)c(C)c1-c1nc2ccc(C(=O)O)cc2o1. The third-order valence-corrected chi connectivity index (χ3v) is 3.36. The second-order valence-electron chi connectivity index (χ2n) is 4.68. The molecule has 6 nitrogen and oxygen atoms in total. The number of aromatic carboxylic acids is 1. The molecule has 0 aliphatic rings. The molecule has 20 heavy (non-hydrogen) atoms. The molecule has 102 valence electrons. The summed E-state index contributed by atoms with van der Waals surface area (Å²) in [5.41, 5.74) is 3.90. The zero-order valence-corrected chi connectivity index (χ0v) is 11.3. The number of carboxylic acid groups (broad SMARTS) is 1. The minimum atomic E-state index is -0.987. The third-order valence-electron chi connectivity index (χ3n) is 3.36. The Labute approximate surface area is 114 Å². The van der Waals surface area contributed by atoms with E-state index in [2.05, 4.69) is 10.1 Å². The molecule has 0 amide bonds. The maximum absolute atomic E-state index is 11.0. The van der Waals surface area contributed by atoms with Crippen LogP contribution < -0.4 is 0 Å². The van der Waals surface area contributed by atoms with Crippen LogP contribution >= 0.6 is 0 Å². The number of fused-ring (bicyclic) bond motifs is 1. The molecule has 3 rings (SSSR count). The molecule has 0 fully saturated rings. The van der Waals surface area contributed by atoms with E-state index < -0.39 is 5.97 Å². The first kappa shape index (κ1) is 12.4. The van der Waals surface area contributed by atoms with Gasteiger partial charge in [-0.05, 0) is 32.0 Å². The van der Waals surface area contributed by atoms with Crippen LogP contribution in [-0.4, -0.2) is 25.8 Å². The molecule has 6 heteroatoms. The van der Waals surface area contributed by atoms with Gasteiger partial charge in [-0.25, -0.2) is 9.78 Å². The highest BCUT2D eigenvalue weighted by atomic mass is 16.4. The van der Waals surface area contributed by atoms with Gasteiger partial charge in [-0.2, -0.15) is 5.10 Å². The summed E-state index contributed by atoms with van der Waals surface area (Å²) in [6.45, 7) is 3.83. The molecule has 0 atom stereocenters. The lowest BCUT2D eigenvalue weighted by molar-refractivity contribution is 0.0697. The van der Waals surface area contributed by atoms with Gasteiger partial charge < -0.3 is 9.52 Å². The fourth-order valence-corrected chi connectivity index (χ4v) is 2.25. The van der Waals surface area contributed by atoms with Crippen molar-refractivity contribution in [2.75, 3.05) is 0 Å². The Balaban J connectivity index is 2.20. The lowest BCUT2D eigenvalue weighted by atomic mass is 10.2. The molecular weight excluding hydrogens is 258 g/mol. The summed E-state index contributed by atoms with van der Waals surface area (Å²) in [4.78, 5) is 15.4. The number of benzene rings is 1. The Morgan fingerprint density at radius 3 is 2.70 bits per heavy atom. The van der Waals surface area contributed by atoms with E-state index in [0.717, 1.165) is 17.0 Å². The first-order valence-corrected chi connectivity index (χ1v) is 6.12. The molecule has 2 aromatic heterocycles. The molecule has 1 N–H and O–H groups in total. The molecule has 1 aromatic carbocycles. The van der Waals surface area contributed by atoms with Crippen LogP contribution in [0, 0.1) is 13.8 Å². The maximum atomic E-state index is 11.0. The highest BCUT2D eigenvalue weighted by Gasteiger charge is 2.18. The number of rotatable bonds is 2. The van der Waals surface area contributed by atoms with Gasteiger partial charge in [-0.15, -0.1) is 0 Å². The lowest BCUT2D eigenvalue weighted by Gasteiger charge is -1.95. The first-order chi connectivity index (χ1) is 9.47. The molecule has 3 aromatic rings. The van der Waals surface area contributed by atoms with Crippen molar-refractivity contribution in [3.8, 4) is 11.5 Å². The number of hydrogen-bond donors (Lipinski definition) is 1. The number of carboxylic acids is 1. The van der Waals surface area contributed by atoms with Crippen molar-refractivity contribution in [3.05, 3.63) is 35.2 Å². The summed E-state index contributed by atoms with van der Waals surface area (Å²) in [6.07, 6.45) is 0. The second-order valence-corrected chi connectivity index (χ2v) is 4.68. The number of hydrogen-bond acceptors (Lipinski definition) is 4. The van der Waals surface area contributed by atoms with Gasteiger partial charge in [0.05, 0.1) is 16.8 Å². The fraction of sp³-hybridized carbons (Fsp3) is 0.214. The summed E-state index contributed by atoms with van der Waals surface area (Å²) >= 11 is 0. The van der Waals surface area contributed by atoms with Gasteiger partial charge in [-0.3, -0.25) is 4.68 Å². The van der Waals surface area contributed by atoms with Gasteiger partial charge in [0, 0.05) is 12.7 Å². The smallest absolute Gasteiger partial charge is 0.335 e. The zero-order chi connectivity index (χ0) is 14.4. The van der Waals surface area contributed by atoms with Crippen molar-refractivity contribution < 1.29 is 14.3 Å². The van der Waals surface area contributed by atoms with Crippen molar-refractivity contribution >= 4 is 17.1 Å². The van der Waals surface area contributed by atoms with Crippen LogP contribution in [0.2, 0.25) is 0 Å². The van der Waals surface area contributed by atoms with Crippen LogP contribution in [-0.2, 0) is 7.05 Å². The van der Waals surface area contributed by atoms with Gasteiger partial charge in [0.25, 0.3) is 0 Å². The Hall–Kier alpha value is -2.63. The minimum absolute atomic E-state index is 0.180. The lowest BCUT2D eigenvalue weighted by Crippen LogP contribution is -1.94. The van der Waals surface area contributed by atoms with Crippen molar-refractivity contribution in [2.45, 2.75) is 13.8 Å². The molecule has 0 unspecified atom stereocenters. The van der Waals surface area contributed by atoms with E-state index in [1.54, 1.807) is 10.7 Å². The molecule has 0 aliphatic heterocycles. The van der Waals surface area contributed by atoms with Crippen molar-refractivity contribution in [1.82, 2.24) is 14.8 Å². The highest BCUT2D eigenvalue weighted by Crippen LogP contribution is 2.29. The normalized spacial score (nSPS) is 11.2. The predicted octanol–water partition coefficient (Wildman–Crippen LogP) is 2.54. The third kappa shape index (κ3) is 1.77. The minimum Gasteiger partial charge on any atom is -0.478 e. The topological polar surface area (TPSA) is 81.2 Å². The molecule has 0 spiro atoms. The summed E-state index contributed by atoms with van der Waals surface area (Å²) < 4.78 is 7.46. The number of aryl methyl sites for hydroxylation is 2. The van der Waals surface area contributed by atoms with Crippen LogP contribution in [0.15, 0.2) is 22.6 Å². The van der Waals surface area contributed by atoms with E-state index in [1.165, 1.54) is 12.1 Å². The standard InChI is InChI=1S/C14H13N3O3/c1-7-12(8(2)17(3)16-7)13-15-10-5-4-9(14(18)19)6-11(10)20-13/h4-6H,1-3H3,(H,18,19). The van der Waals surface area contributed by atoms with Crippen LogP contribution in [0.5, 0.6) is 0 Å². The maximum Gasteiger partial charge on any atom is 0.335 e. The summed E-state index contributed by atoms with van der Waals surface area (Å²) in [5.74, 6) is -0.524. The summed E-state index contributed by atoms with van der Waals surface area (Å²) in [7, 11) is 1.86. The molecule has 0 bridgehead atoms. The molecule has 0 saturated heterocycles. The van der Waals surface area contributed by atoms with Gasteiger partial charge in [0.15, 0.2) is 5.58 Å².